The predicted molar refractivity (Wildman–Crippen MR) is 57.1 cm³/mol. The van der Waals surface area contributed by atoms with E-state index in [4.69, 9.17) is 11.6 Å². The van der Waals surface area contributed by atoms with Gasteiger partial charge in [0.05, 0.1) is 0 Å². The molecule has 0 aliphatic carbocycles. The van der Waals surface area contributed by atoms with Crippen LogP contribution < -0.4 is 0 Å². The van der Waals surface area contributed by atoms with Gasteiger partial charge in [-0.3, -0.25) is 0 Å². The molecule has 0 aliphatic rings. The van der Waals surface area contributed by atoms with Gasteiger partial charge in [-0.2, -0.15) is 0 Å². The van der Waals surface area contributed by atoms with E-state index in [0.29, 0.717) is 11.3 Å². The number of thiophene rings is 1. The molecule has 1 aromatic heterocycles. The zero-order valence-corrected chi connectivity index (χ0v) is 9.16. The van der Waals surface area contributed by atoms with Crippen LogP contribution in [0.2, 0.25) is 0 Å². The molecule has 0 N–H and O–H groups in total. The van der Waals surface area contributed by atoms with Crippen LogP contribution in [0.25, 0.3) is 0 Å². The Morgan fingerprint density at radius 1 is 1.50 bits per heavy atom. The van der Waals surface area contributed by atoms with E-state index in [1.807, 2.05) is 11.3 Å². The quantitative estimate of drug-likeness (QED) is 0.649. The van der Waals surface area contributed by atoms with Crippen molar-refractivity contribution in [2.24, 2.45) is 5.92 Å². The molecule has 0 fully saturated rings. The summed E-state index contributed by atoms with van der Waals surface area (Å²) in [6.45, 7) is 4.28. The van der Waals surface area contributed by atoms with Gasteiger partial charge in [0.1, 0.15) is 0 Å². The number of aryl methyl sites for hydroxylation is 1. The molecule has 68 valence electrons. The molecular weight excluding hydrogens is 188 g/mol. The first-order chi connectivity index (χ1) is 5.70. The summed E-state index contributed by atoms with van der Waals surface area (Å²) >= 11 is 7.81. The van der Waals surface area contributed by atoms with E-state index in [1.54, 1.807) is 0 Å². The first-order valence-corrected chi connectivity index (χ1v) is 5.68. The molecular formula is C10H15ClS. The van der Waals surface area contributed by atoms with Crippen LogP contribution in [-0.2, 0) is 6.42 Å². The van der Waals surface area contributed by atoms with Gasteiger partial charge < -0.3 is 0 Å². The molecule has 1 heterocycles. The van der Waals surface area contributed by atoms with Crippen molar-refractivity contribution in [3.05, 3.63) is 22.4 Å². The maximum absolute atomic E-state index is 5.97. The summed E-state index contributed by atoms with van der Waals surface area (Å²) in [6, 6.07) is 4.30. The number of alkyl halides is 1. The molecule has 2 heteroatoms. The third kappa shape index (κ3) is 3.16. The smallest absolute Gasteiger partial charge is 0.0333 e. The number of hydrogen-bond donors (Lipinski definition) is 0. The van der Waals surface area contributed by atoms with Crippen molar-refractivity contribution in [3.8, 4) is 0 Å². The van der Waals surface area contributed by atoms with Gasteiger partial charge in [-0.15, -0.1) is 22.9 Å². The third-order valence-corrected chi connectivity index (χ3v) is 3.58. The van der Waals surface area contributed by atoms with E-state index in [9.17, 15) is 0 Å². The lowest BCUT2D eigenvalue weighted by atomic mass is 10.0. The Bertz CT molecular complexity index is 204. The molecule has 0 amide bonds. The fourth-order valence-corrected chi connectivity index (χ4v) is 1.91. The van der Waals surface area contributed by atoms with Crippen LogP contribution >= 0.6 is 22.9 Å². The third-order valence-electron chi connectivity index (χ3n) is 2.21. The Balaban J connectivity index is 2.27. The van der Waals surface area contributed by atoms with Crippen molar-refractivity contribution in [2.45, 2.75) is 32.1 Å². The summed E-state index contributed by atoms with van der Waals surface area (Å²) in [7, 11) is 0. The molecule has 0 spiro atoms. The maximum Gasteiger partial charge on any atom is 0.0333 e. The van der Waals surface area contributed by atoms with Gasteiger partial charge >= 0.3 is 0 Å². The molecule has 0 bridgehead atoms. The van der Waals surface area contributed by atoms with E-state index in [0.717, 1.165) is 0 Å². The molecule has 2 unspecified atom stereocenters. The van der Waals surface area contributed by atoms with Crippen LogP contribution in [0.1, 0.15) is 25.1 Å². The van der Waals surface area contributed by atoms with Gasteiger partial charge in [0, 0.05) is 10.3 Å². The highest BCUT2D eigenvalue weighted by atomic mass is 35.5. The highest BCUT2D eigenvalue weighted by molar-refractivity contribution is 7.09. The molecule has 2 atom stereocenters. The Kier molecular flexibility index (Phi) is 4.10. The van der Waals surface area contributed by atoms with Crippen molar-refractivity contribution >= 4 is 22.9 Å². The SMILES string of the molecule is CC(Cl)C(C)CCc1cccs1. The minimum Gasteiger partial charge on any atom is -0.149 e. The van der Waals surface area contributed by atoms with Gasteiger partial charge in [-0.05, 0) is 37.1 Å². The van der Waals surface area contributed by atoms with Crippen molar-refractivity contribution in [1.29, 1.82) is 0 Å². The number of rotatable bonds is 4. The zero-order valence-electron chi connectivity index (χ0n) is 7.59. The average molecular weight is 203 g/mol. The van der Waals surface area contributed by atoms with E-state index in [-0.39, 0.29) is 0 Å². The normalized spacial score (nSPS) is 15.9. The zero-order chi connectivity index (χ0) is 8.97. The van der Waals surface area contributed by atoms with Gasteiger partial charge in [0.25, 0.3) is 0 Å². The summed E-state index contributed by atoms with van der Waals surface area (Å²) in [5.41, 5.74) is 0. The predicted octanol–water partition coefficient (Wildman–Crippen LogP) is 3.94. The molecule has 12 heavy (non-hydrogen) atoms. The maximum atomic E-state index is 5.97. The van der Waals surface area contributed by atoms with Crippen LogP contribution in [-0.4, -0.2) is 5.38 Å². The first kappa shape index (κ1) is 10.1. The van der Waals surface area contributed by atoms with Crippen LogP contribution in [0.15, 0.2) is 17.5 Å². The highest BCUT2D eigenvalue weighted by Gasteiger charge is 2.08. The highest BCUT2D eigenvalue weighted by Crippen LogP contribution is 2.18. The van der Waals surface area contributed by atoms with Gasteiger partial charge in [0.2, 0.25) is 0 Å². The van der Waals surface area contributed by atoms with Crippen LogP contribution in [0.3, 0.4) is 0 Å². The van der Waals surface area contributed by atoms with Gasteiger partial charge in [-0.25, -0.2) is 0 Å². The van der Waals surface area contributed by atoms with Crippen LogP contribution in [0.4, 0.5) is 0 Å². The molecule has 0 nitrogen and oxygen atoms in total. The van der Waals surface area contributed by atoms with Gasteiger partial charge in [0.15, 0.2) is 0 Å². The van der Waals surface area contributed by atoms with Gasteiger partial charge in [-0.1, -0.05) is 13.0 Å². The molecule has 0 saturated carbocycles. The molecule has 0 aliphatic heterocycles. The number of hydrogen-bond acceptors (Lipinski definition) is 1. The Morgan fingerprint density at radius 3 is 2.75 bits per heavy atom. The summed E-state index contributed by atoms with van der Waals surface area (Å²) in [5, 5.41) is 2.43. The summed E-state index contributed by atoms with van der Waals surface area (Å²) in [4.78, 5) is 1.47. The van der Waals surface area contributed by atoms with E-state index >= 15 is 0 Å². The van der Waals surface area contributed by atoms with Crippen molar-refractivity contribution in [2.75, 3.05) is 0 Å². The monoisotopic (exact) mass is 202 g/mol. The largest absolute Gasteiger partial charge is 0.149 e. The standard InChI is InChI=1S/C10H15ClS/c1-8(9(2)11)5-6-10-4-3-7-12-10/h3-4,7-9H,5-6H2,1-2H3. The lowest BCUT2D eigenvalue weighted by Gasteiger charge is -2.12. The summed E-state index contributed by atoms with van der Waals surface area (Å²) in [5.74, 6) is 0.619. The molecule has 1 aromatic rings. The lowest BCUT2D eigenvalue weighted by molar-refractivity contribution is 0.525. The Labute approximate surface area is 83.6 Å². The van der Waals surface area contributed by atoms with E-state index in [2.05, 4.69) is 31.4 Å². The van der Waals surface area contributed by atoms with Crippen molar-refractivity contribution in [1.82, 2.24) is 0 Å². The van der Waals surface area contributed by atoms with Crippen molar-refractivity contribution < 1.29 is 0 Å². The number of halogens is 1. The minimum absolute atomic E-state index is 0.296. The second-order valence-corrected chi connectivity index (χ2v) is 4.99. The second-order valence-electron chi connectivity index (χ2n) is 3.27. The Morgan fingerprint density at radius 2 is 2.25 bits per heavy atom. The fraction of sp³-hybridized carbons (Fsp3) is 0.600. The van der Waals surface area contributed by atoms with E-state index in [1.165, 1.54) is 17.7 Å². The summed E-state index contributed by atoms with van der Waals surface area (Å²) < 4.78 is 0. The minimum atomic E-state index is 0.296. The second kappa shape index (κ2) is 4.88. The Hall–Kier alpha value is -0.0100. The molecule has 0 radical (unpaired) electrons. The average Bonchev–Trinajstić information content (AvgIpc) is 2.51. The van der Waals surface area contributed by atoms with E-state index < -0.39 is 0 Å². The van der Waals surface area contributed by atoms with Crippen molar-refractivity contribution in [3.63, 3.8) is 0 Å². The molecule has 0 saturated heterocycles. The fourth-order valence-electron chi connectivity index (χ4n) is 1.05. The van der Waals surface area contributed by atoms with Crippen LogP contribution in [0, 0.1) is 5.92 Å². The summed E-state index contributed by atoms with van der Waals surface area (Å²) in [6.07, 6.45) is 2.38. The first-order valence-electron chi connectivity index (χ1n) is 4.36. The topological polar surface area (TPSA) is 0 Å². The van der Waals surface area contributed by atoms with Crippen LogP contribution in [0.5, 0.6) is 0 Å². The molecule has 0 aromatic carbocycles. The molecule has 1 rings (SSSR count). The lowest BCUT2D eigenvalue weighted by Crippen LogP contribution is -2.07.